The molecule has 2 heterocycles. The van der Waals surface area contributed by atoms with Crippen molar-refractivity contribution in [2.75, 3.05) is 12.3 Å². The zero-order chi connectivity index (χ0) is 18.0. The van der Waals surface area contributed by atoms with Gasteiger partial charge in [-0.05, 0) is 45.6 Å². The average Bonchev–Trinajstić information content (AvgIpc) is 3.13. The second-order valence-electron chi connectivity index (χ2n) is 6.09. The Morgan fingerprint density at radius 3 is 2.88 bits per heavy atom. The van der Waals surface area contributed by atoms with Gasteiger partial charge in [0.2, 0.25) is 11.8 Å². The molecule has 1 atom stereocenters. The number of nitrogens with zero attached hydrogens (tertiary/aromatic N) is 2. The summed E-state index contributed by atoms with van der Waals surface area (Å²) >= 11 is 3.17. The Kier molecular flexibility index (Phi) is 5.58. The van der Waals surface area contributed by atoms with Gasteiger partial charge in [0.1, 0.15) is 21.7 Å². The van der Waals surface area contributed by atoms with E-state index < -0.39 is 6.04 Å². The Labute approximate surface area is 155 Å². The lowest BCUT2D eigenvalue weighted by Gasteiger charge is -2.13. The fourth-order valence-corrected chi connectivity index (χ4v) is 5.26. The number of nitrogens with one attached hydrogen (secondary N) is 2. The molecule has 2 aromatic rings. The van der Waals surface area contributed by atoms with E-state index in [0.717, 1.165) is 33.9 Å². The molecule has 1 aliphatic carbocycles. The Bertz CT molecular complexity index is 819. The summed E-state index contributed by atoms with van der Waals surface area (Å²) in [5, 5.41) is 7.43. The van der Waals surface area contributed by atoms with Crippen molar-refractivity contribution < 1.29 is 9.59 Å². The molecule has 2 aromatic heterocycles. The normalized spacial score (nSPS) is 14.4. The summed E-state index contributed by atoms with van der Waals surface area (Å²) in [6.45, 7) is 5.97. The zero-order valence-electron chi connectivity index (χ0n) is 14.6. The van der Waals surface area contributed by atoms with Gasteiger partial charge < -0.3 is 10.6 Å². The summed E-state index contributed by atoms with van der Waals surface area (Å²) in [6, 6.07) is -0.536. The Morgan fingerprint density at radius 1 is 1.32 bits per heavy atom. The molecule has 8 heteroatoms. The van der Waals surface area contributed by atoms with Crippen LogP contribution in [0.25, 0.3) is 10.2 Å². The minimum Gasteiger partial charge on any atom is -0.355 e. The topological polar surface area (TPSA) is 84.0 Å². The maximum atomic E-state index is 12.2. The summed E-state index contributed by atoms with van der Waals surface area (Å²) in [5.74, 6) is 0.628. The number of hydrogen-bond donors (Lipinski definition) is 2. The zero-order valence-corrected chi connectivity index (χ0v) is 16.3. The molecule has 2 amide bonds. The predicted octanol–water partition coefficient (Wildman–Crippen LogP) is 2.22. The first-order valence-corrected chi connectivity index (χ1v) is 10.3. The number of hydrogen-bond acceptors (Lipinski definition) is 6. The average molecular weight is 379 g/mol. The molecule has 0 fully saturated rings. The number of amides is 2. The molecule has 0 unspecified atom stereocenters. The van der Waals surface area contributed by atoms with Crippen LogP contribution in [0.5, 0.6) is 0 Å². The van der Waals surface area contributed by atoms with Crippen LogP contribution >= 0.6 is 23.1 Å². The van der Waals surface area contributed by atoms with Gasteiger partial charge in [0, 0.05) is 16.8 Å². The SMILES string of the molecule is CCNC(=O)[C@H](C)NC(=O)CSc1nc(C)nc2sc3c(c12)CCC3. The van der Waals surface area contributed by atoms with Crippen molar-refractivity contribution in [2.24, 2.45) is 0 Å². The van der Waals surface area contributed by atoms with E-state index in [-0.39, 0.29) is 17.6 Å². The first-order valence-electron chi connectivity index (χ1n) is 8.48. The third kappa shape index (κ3) is 3.95. The number of thiophene rings is 1. The van der Waals surface area contributed by atoms with E-state index in [1.807, 2.05) is 13.8 Å². The minimum absolute atomic E-state index is 0.167. The van der Waals surface area contributed by atoms with Gasteiger partial charge in [-0.2, -0.15) is 0 Å². The highest BCUT2D eigenvalue weighted by molar-refractivity contribution is 8.00. The molecule has 6 nitrogen and oxygen atoms in total. The molecule has 25 heavy (non-hydrogen) atoms. The summed E-state index contributed by atoms with van der Waals surface area (Å²) in [5.41, 5.74) is 1.36. The molecule has 134 valence electrons. The van der Waals surface area contributed by atoms with E-state index in [1.165, 1.54) is 28.6 Å². The van der Waals surface area contributed by atoms with Crippen LogP contribution in [0.15, 0.2) is 5.03 Å². The number of fused-ring (bicyclic) bond motifs is 3. The van der Waals surface area contributed by atoms with Gasteiger partial charge in [-0.15, -0.1) is 11.3 Å². The van der Waals surface area contributed by atoms with Crippen molar-refractivity contribution >= 4 is 45.1 Å². The number of aromatic nitrogens is 2. The van der Waals surface area contributed by atoms with Crippen molar-refractivity contribution in [1.29, 1.82) is 0 Å². The lowest BCUT2D eigenvalue weighted by molar-refractivity contribution is -0.127. The standard InChI is InChI=1S/C17H22N4O2S2/c1-4-18-15(23)9(2)19-13(22)8-24-16-14-11-6-5-7-12(11)25-17(14)21-10(3)20-16/h9H,4-8H2,1-3H3,(H,18,23)(H,19,22)/t9-/m0/s1. The fourth-order valence-electron chi connectivity index (χ4n) is 2.98. The molecule has 0 radical (unpaired) electrons. The number of rotatable bonds is 6. The molecule has 1 aliphatic rings. The summed E-state index contributed by atoms with van der Waals surface area (Å²) < 4.78 is 0. The number of aryl methyl sites for hydroxylation is 3. The molecular formula is C17H22N4O2S2. The highest BCUT2D eigenvalue weighted by Crippen LogP contribution is 2.40. The van der Waals surface area contributed by atoms with Crippen LogP contribution in [0.1, 0.15) is 36.5 Å². The lowest BCUT2D eigenvalue weighted by Crippen LogP contribution is -2.45. The maximum absolute atomic E-state index is 12.2. The largest absolute Gasteiger partial charge is 0.355 e. The van der Waals surface area contributed by atoms with E-state index >= 15 is 0 Å². The number of carbonyl (C=O) groups is 2. The van der Waals surface area contributed by atoms with Gasteiger partial charge in [-0.1, -0.05) is 11.8 Å². The third-order valence-electron chi connectivity index (χ3n) is 4.11. The molecule has 0 bridgehead atoms. The minimum atomic E-state index is -0.536. The van der Waals surface area contributed by atoms with E-state index in [0.29, 0.717) is 6.54 Å². The highest BCUT2D eigenvalue weighted by atomic mass is 32.2. The van der Waals surface area contributed by atoms with Gasteiger partial charge in [0.05, 0.1) is 5.75 Å². The molecule has 0 spiro atoms. The second kappa shape index (κ2) is 7.70. The Morgan fingerprint density at radius 2 is 2.12 bits per heavy atom. The van der Waals surface area contributed by atoms with Crippen LogP contribution in [0.4, 0.5) is 0 Å². The van der Waals surface area contributed by atoms with E-state index in [1.54, 1.807) is 18.3 Å². The monoisotopic (exact) mass is 378 g/mol. The molecule has 0 saturated carbocycles. The predicted molar refractivity (Wildman–Crippen MR) is 101 cm³/mol. The number of thioether (sulfide) groups is 1. The van der Waals surface area contributed by atoms with E-state index in [4.69, 9.17) is 0 Å². The summed E-state index contributed by atoms with van der Waals surface area (Å²) in [7, 11) is 0. The van der Waals surface area contributed by atoms with Gasteiger partial charge in [-0.3, -0.25) is 9.59 Å². The first kappa shape index (κ1) is 18.1. The quantitative estimate of drug-likeness (QED) is 0.595. The van der Waals surface area contributed by atoms with Crippen molar-refractivity contribution in [3.8, 4) is 0 Å². The Balaban J connectivity index is 1.71. The molecule has 0 aliphatic heterocycles. The van der Waals surface area contributed by atoms with Crippen LogP contribution in [0.3, 0.4) is 0 Å². The molecular weight excluding hydrogens is 356 g/mol. The third-order valence-corrected chi connectivity index (χ3v) is 6.27. The second-order valence-corrected chi connectivity index (χ2v) is 8.13. The van der Waals surface area contributed by atoms with E-state index in [2.05, 4.69) is 20.6 Å². The molecule has 0 aromatic carbocycles. The van der Waals surface area contributed by atoms with Gasteiger partial charge in [0.15, 0.2) is 0 Å². The van der Waals surface area contributed by atoms with Crippen LogP contribution in [0.2, 0.25) is 0 Å². The van der Waals surface area contributed by atoms with Crippen molar-refractivity contribution in [3.63, 3.8) is 0 Å². The highest BCUT2D eigenvalue weighted by Gasteiger charge is 2.23. The van der Waals surface area contributed by atoms with Crippen LogP contribution in [-0.4, -0.2) is 40.1 Å². The molecule has 3 rings (SSSR count). The van der Waals surface area contributed by atoms with Crippen LogP contribution < -0.4 is 10.6 Å². The Hall–Kier alpha value is -1.67. The first-order chi connectivity index (χ1) is 12.0. The van der Waals surface area contributed by atoms with Crippen LogP contribution in [-0.2, 0) is 22.4 Å². The summed E-state index contributed by atoms with van der Waals surface area (Å²) in [6.07, 6.45) is 3.36. The van der Waals surface area contributed by atoms with Crippen LogP contribution in [0, 0.1) is 6.92 Å². The fraction of sp³-hybridized carbons (Fsp3) is 0.529. The van der Waals surface area contributed by atoms with Crippen molar-refractivity contribution in [2.45, 2.75) is 51.1 Å². The van der Waals surface area contributed by atoms with Gasteiger partial charge in [-0.25, -0.2) is 9.97 Å². The van der Waals surface area contributed by atoms with Crippen molar-refractivity contribution in [1.82, 2.24) is 20.6 Å². The smallest absolute Gasteiger partial charge is 0.242 e. The van der Waals surface area contributed by atoms with Crippen molar-refractivity contribution in [3.05, 3.63) is 16.3 Å². The maximum Gasteiger partial charge on any atom is 0.242 e. The number of likely N-dealkylation sites (N-methyl/N-ethyl adjacent to an activating group) is 1. The summed E-state index contributed by atoms with van der Waals surface area (Å²) in [4.78, 5) is 35.4. The van der Waals surface area contributed by atoms with Gasteiger partial charge in [0.25, 0.3) is 0 Å². The number of carbonyl (C=O) groups excluding carboxylic acids is 2. The molecule has 0 saturated heterocycles. The van der Waals surface area contributed by atoms with Gasteiger partial charge >= 0.3 is 0 Å². The lowest BCUT2D eigenvalue weighted by atomic mass is 10.2. The van der Waals surface area contributed by atoms with E-state index in [9.17, 15) is 9.59 Å². The molecule has 2 N–H and O–H groups in total.